The van der Waals surface area contributed by atoms with E-state index in [1.807, 2.05) is 24.3 Å². The predicted molar refractivity (Wildman–Crippen MR) is 102 cm³/mol. The van der Waals surface area contributed by atoms with Gasteiger partial charge in [0.05, 0.1) is 25.8 Å². The monoisotopic (exact) mass is 368 g/mol. The van der Waals surface area contributed by atoms with Gasteiger partial charge in [-0.25, -0.2) is 4.98 Å². The highest BCUT2D eigenvalue weighted by Gasteiger charge is 2.26. The van der Waals surface area contributed by atoms with Crippen LogP contribution in [-0.4, -0.2) is 47.5 Å². The van der Waals surface area contributed by atoms with E-state index < -0.39 is 0 Å². The molecule has 142 valence electrons. The Labute approximate surface area is 158 Å². The Hall–Kier alpha value is -2.83. The quantitative estimate of drug-likeness (QED) is 0.885. The molecule has 7 heteroatoms. The third kappa shape index (κ3) is 3.67. The number of carbonyl (C=O) groups excluding carboxylic acids is 1. The van der Waals surface area contributed by atoms with E-state index in [0.29, 0.717) is 37.4 Å². The van der Waals surface area contributed by atoms with E-state index in [9.17, 15) is 9.59 Å². The van der Waals surface area contributed by atoms with Crippen LogP contribution in [0.25, 0.3) is 0 Å². The standard InChI is InChI=1S/C20H24N4O3/c1-27-15-6-4-14(5-7-15)12-18(25)24-11-8-16-17(13-24)21-20(22-19(16)26)23-9-2-3-10-23/h4-7H,2-3,8-13H2,1H3,(H,21,22,26). The average Bonchev–Trinajstić information content (AvgIpc) is 3.23. The number of methoxy groups -OCH3 is 1. The number of anilines is 1. The number of ether oxygens (including phenoxy) is 1. The van der Waals surface area contributed by atoms with Gasteiger partial charge in [0, 0.05) is 25.2 Å². The number of nitrogens with one attached hydrogen (secondary N) is 1. The molecule has 3 heterocycles. The lowest BCUT2D eigenvalue weighted by molar-refractivity contribution is -0.131. The molecular weight excluding hydrogens is 344 g/mol. The number of aromatic nitrogens is 2. The minimum Gasteiger partial charge on any atom is -0.497 e. The molecule has 0 radical (unpaired) electrons. The van der Waals surface area contributed by atoms with E-state index in [1.54, 1.807) is 12.0 Å². The molecule has 2 aromatic rings. The van der Waals surface area contributed by atoms with Gasteiger partial charge in [0.25, 0.3) is 5.56 Å². The van der Waals surface area contributed by atoms with Gasteiger partial charge in [-0.2, -0.15) is 0 Å². The van der Waals surface area contributed by atoms with E-state index in [0.717, 1.165) is 42.9 Å². The molecule has 1 aromatic heterocycles. The second kappa shape index (κ2) is 7.42. The fraction of sp³-hybridized carbons (Fsp3) is 0.450. The zero-order chi connectivity index (χ0) is 18.8. The van der Waals surface area contributed by atoms with Gasteiger partial charge in [-0.15, -0.1) is 0 Å². The number of fused-ring (bicyclic) bond motifs is 1. The van der Waals surface area contributed by atoms with Crippen molar-refractivity contribution >= 4 is 11.9 Å². The van der Waals surface area contributed by atoms with Gasteiger partial charge in [-0.3, -0.25) is 14.6 Å². The van der Waals surface area contributed by atoms with Gasteiger partial charge in [-0.1, -0.05) is 12.1 Å². The van der Waals surface area contributed by atoms with Gasteiger partial charge in [0.15, 0.2) is 0 Å². The fourth-order valence-electron chi connectivity index (χ4n) is 3.75. The predicted octanol–water partition coefficient (Wildman–Crippen LogP) is 1.51. The zero-order valence-electron chi connectivity index (χ0n) is 15.5. The van der Waals surface area contributed by atoms with Crippen molar-refractivity contribution in [1.82, 2.24) is 14.9 Å². The fourth-order valence-corrected chi connectivity index (χ4v) is 3.75. The number of hydrogen-bond donors (Lipinski definition) is 1. The Kier molecular flexibility index (Phi) is 4.83. The molecule has 0 bridgehead atoms. The molecule has 2 aliphatic heterocycles. The Morgan fingerprint density at radius 1 is 1.19 bits per heavy atom. The minimum absolute atomic E-state index is 0.0515. The van der Waals surface area contributed by atoms with Crippen LogP contribution in [-0.2, 0) is 24.2 Å². The van der Waals surface area contributed by atoms with Crippen molar-refractivity contribution in [2.45, 2.75) is 32.2 Å². The van der Waals surface area contributed by atoms with Crippen LogP contribution in [0.3, 0.4) is 0 Å². The molecule has 4 rings (SSSR count). The van der Waals surface area contributed by atoms with Crippen LogP contribution in [0, 0.1) is 0 Å². The minimum atomic E-state index is -0.0656. The van der Waals surface area contributed by atoms with E-state index in [-0.39, 0.29) is 11.5 Å². The van der Waals surface area contributed by atoms with Crippen LogP contribution < -0.4 is 15.2 Å². The molecule has 1 fully saturated rings. The lowest BCUT2D eigenvalue weighted by Gasteiger charge is -2.28. The Morgan fingerprint density at radius 3 is 2.63 bits per heavy atom. The SMILES string of the molecule is COc1ccc(CC(=O)N2CCc3c(nc(N4CCCC4)[nH]c3=O)C2)cc1. The van der Waals surface area contributed by atoms with Gasteiger partial charge in [0.2, 0.25) is 11.9 Å². The topological polar surface area (TPSA) is 78.5 Å². The third-order valence-corrected chi connectivity index (χ3v) is 5.33. The van der Waals surface area contributed by atoms with Crippen molar-refractivity contribution in [3.63, 3.8) is 0 Å². The zero-order valence-corrected chi connectivity index (χ0v) is 15.5. The number of hydrogen-bond acceptors (Lipinski definition) is 5. The van der Waals surface area contributed by atoms with Crippen molar-refractivity contribution in [3.05, 3.63) is 51.4 Å². The smallest absolute Gasteiger partial charge is 0.255 e. The van der Waals surface area contributed by atoms with Gasteiger partial charge < -0.3 is 14.5 Å². The molecule has 0 unspecified atom stereocenters. The lowest BCUT2D eigenvalue weighted by atomic mass is 10.0. The summed E-state index contributed by atoms with van der Waals surface area (Å²) < 4.78 is 5.15. The number of benzene rings is 1. The van der Waals surface area contributed by atoms with Crippen molar-refractivity contribution < 1.29 is 9.53 Å². The van der Waals surface area contributed by atoms with Crippen LogP contribution in [0.15, 0.2) is 29.1 Å². The van der Waals surface area contributed by atoms with Gasteiger partial charge >= 0.3 is 0 Å². The van der Waals surface area contributed by atoms with E-state index in [1.165, 1.54) is 0 Å². The first kappa shape index (κ1) is 17.6. The first-order chi connectivity index (χ1) is 13.1. The summed E-state index contributed by atoms with van der Waals surface area (Å²) in [5.41, 5.74) is 2.33. The van der Waals surface area contributed by atoms with Gasteiger partial charge in [-0.05, 0) is 37.0 Å². The third-order valence-electron chi connectivity index (χ3n) is 5.33. The summed E-state index contributed by atoms with van der Waals surface area (Å²) in [4.78, 5) is 36.7. The maximum atomic E-state index is 12.7. The summed E-state index contributed by atoms with van der Waals surface area (Å²) in [5, 5.41) is 0. The first-order valence-electron chi connectivity index (χ1n) is 9.42. The number of carbonyl (C=O) groups is 1. The molecule has 1 saturated heterocycles. The average molecular weight is 368 g/mol. The van der Waals surface area contributed by atoms with Crippen LogP contribution in [0.4, 0.5) is 5.95 Å². The molecule has 1 aromatic carbocycles. The summed E-state index contributed by atoms with van der Waals surface area (Å²) in [6.07, 6.45) is 3.12. The van der Waals surface area contributed by atoms with Crippen molar-refractivity contribution in [2.75, 3.05) is 31.6 Å². The number of aromatic amines is 1. The van der Waals surface area contributed by atoms with Crippen LogP contribution in [0.5, 0.6) is 5.75 Å². The maximum Gasteiger partial charge on any atom is 0.255 e. The van der Waals surface area contributed by atoms with E-state index in [2.05, 4.69) is 14.9 Å². The highest BCUT2D eigenvalue weighted by atomic mass is 16.5. The molecule has 0 spiro atoms. The number of nitrogens with zero attached hydrogens (tertiary/aromatic N) is 3. The van der Waals surface area contributed by atoms with Crippen LogP contribution in [0.2, 0.25) is 0 Å². The van der Waals surface area contributed by atoms with Crippen molar-refractivity contribution in [2.24, 2.45) is 0 Å². The van der Waals surface area contributed by atoms with Gasteiger partial charge in [0.1, 0.15) is 5.75 Å². The summed E-state index contributed by atoms with van der Waals surface area (Å²) in [6, 6.07) is 7.53. The number of H-pyrrole nitrogens is 1. The second-order valence-corrected chi connectivity index (χ2v) is 7.10. The molecular formula is C20H24N4O3. The summed E-state index contributed by atoms with van der Waals surface area (Å²) in [5.74, 6) is 1.47. The lowest BCUT2D eigenvalue weighted by Crippen LogP contribution is -2.40. The Morgan fingerprint density at radius 2 is 1.93 bits per heavy atom. The summed E-state index contributed by atoms with van der Waals surface area (Å²) in [7, 11) is 1.62. The molecule has 1 amide bonds. The summed E-state index contributed by atoms with van der Waals surface area (Å²) in [6.45, 7) is 2.79. The first-order valence-corrected chi connectivity index (χ1v) is 9.42. The molecule has 0 saturated carbocycles. The molecule has 7 nitrogen and oxygen atoms in total. The molecule has 0 atom stereocenters. The molecule has 2 aliphatic rings. The Bertz CT molecular complexity index is 885. The van der Waals surface area contributed by atoms with Crippen LogP contribution >= 0.6 is 0 Å². The van der Waals surface area contributed by atoms with Crippen LogP contribution in [0.1, 0.15) is 29.7 Å². The van der Waals surface area contributed by atoms with E-state index >= 15 is 0 Å². The Balaban J connectivity index is 1.49. The molecule has 0 aliphatic carbocycles. The maximum absolute atomic E-state index is 12.7. The highest BCUT2D eigenvalue weighted by molar-refractivity contribution is 5.79. The second-order valence-electron chi connectivity index (χ2n) is 7.10. The summed E-state index contributed by atoms with van der Waals surface area (Å²) >= 11 is 0. The molecule has 27 heavy (non-hydrogen) atoms. The number of amides is 1. The largest absolute Gasteiger partial charge is 0.497 e. The highest BCUT2D eigenvalue weighted by Crippen LogP contribution is 2.20. The molecule has 1 N–H and O–H groups in total. The van der Waals surface area contributed by atoms with Crippen molar-refractivity contribution in [1.29, 1.82) is 0 Å². The van der Waals surface area contributed by atoms with E-state index in [4.69, 9.17) is 4.74 Å². The number of rotatable bonds is 4. The van der Waals surface area contributed by atoms with Crippen molar-refractivity contribution in [3.8, 4) is 5.75 Å². The normalized spacial score (nSPS) is 16.3.